The fraction of sp³-hybridized carbons (Fsp3) is 0.667. The summed E-state index contributed by atoms with van der Waals surface area (Å²) < 4.78 is 0. The van der Waals surface area contributed by atoms with E-state index in [4.69, 9.17) is 0 Å². The van der Waals surface area contributed by atoms with E-state index in [1.165, 1.54) is 19.3 Å². The molecule has 1 aliphatic heterocycles. The zero-order valence-electron chi connectivity index (χ0n) is 17.3. The summed E-state index contributed by atoms with van der Waals surface area (Å²) in [4.78, 5) is 30.5. The number of ketones is 1. The second kappa shape index (κ2) is 6.08. The van der Waals surface area contributed by atoms with Crippen molar-refractivity contribution in [2.45, 2.75) is 58.4 Å². The number of H-pyrrole nitrogens is 1. The van der Waals surface area contributed by atoms with Crippen LogP contribution in [0.15, 0.2) is 30.5 Å². The number of carbonyl (C=O) groups excluding carboxylic acids is 2. The summed E-state index contributed by atoms with van der Waals surface area (Å²) in [5.74, 6) is 2.54. The molecule has 0 bridgehead atoms. The van der Waals surface area contributed by atoms with Crippen LogP contribution in [0.2, 0.25) is 0 Å². The van der Waals surface area contributed by atoms with Crippen LogP contribution in [0.5, 0.6) is 0 Å². The molecule has 5 rings (SSSR count). The van der Waals surface area contributed by atoms with Crippen molar-refractivity contribution in [3.8, 4) is 0 Å². The molecule has 150 valence electrons. The lowest BCUT2D eigenvalue weighted by molar-refractivity contribution is -0.138. The predicted octanol–water partition coefficient (Wildman–Crippen LogP) is 4.45. The molecule has 0 aromatic carbocycles. The average molecular weight is 381 g/mol. The molecule has 2 unspecified atom stereocenters. The zero-order valence-corrected chi connectivity index (χ0v) is 17.3. The second-order valence-corrected chi connectivity index (χ2v) is 10.2. The highest BCUT2D eigenvalue weighted by atomic mass is 16.2. The number of aromatic nitrogens is 1. The number of carbonyl (C=O) groups is 2. The van der Waals surface area contributed by atoms with Crippen molar-refractivity contribution < 1.29 is 9.59 Å². The fourth-order valence-electron chi connectivity index (χ4n) is 7.84. The van der Waals surface area contributed by atoms with Crippen LogP contribution in [0.25, 0.3) is 0 Å². The maximum Gasteiger partial charge on any atom is 0.246 e. The smallest absolute Gasteiger partial charge is 0.246 e. The zero-order chi connectivity index (χ0) is 19.7. The molecule has 3 fully saturated rings. The largest absolute Gasteiger partial charge is 0.359 e. The summed E-state index contributed by atoms with van der Waals surface area (Å²) in [7, 11) is 1.97. The van der Waals surface area contributed by atoms with Gasteiger partial charge in [0.2, 0.25) is 5.91 Å². The summed E-state index contributed by atoms with van der Waals surface area (Å²) in [5, 5.41) is 0. The average Bonchev–Trinajstić information content (AvgIpc) is 3.32. The van der Waals surface area contributed by atoms with Gasteiger partial charge in [-0.3, -0.25) is 9.59 Å². The number of hydrogen-bond donors (Lipinski definition) is 1. The lowest BCUT2D eigenvalue weighted by Gasteiger charge is -2.60. The third-order valence-corrected chi connectivity index (χ3v) is 9.31. The van der Waals surface area contributed by atoms with Gasteiger partial charge in [-0.05, 0) is 79.9 Å². The van der Waals surface area contributed by atoms with Crippen molar-refractivity contribution >= 4 is 11.7 Å². The number of rotatable bonds is 2. The van der Waals surface area contributed by atoms with Crippen molar-refractivity contribution in [2.24, 2.45) is 34.5 Å². The highest BCUT2D eigenvalue weighted by Crippen LogP contribution is 2.65. The number of fused-ring (bicyclic) bond motifs is 5. The molecule has 0 radical (unpaired) electrons. The van der Waals surface area contributed by atoms with Gasteiger partial charge in [0, 0.05) is 30.6 Å². The molecule has 0 saturated heterocycles. The molecule has 3 saturated carbocycles. The highest BCUT2D eigenvalue weighted by Gasteiger charge is 2.61. The number of aromatic amines is 1. The topological polar surface area (TPSA) is 53.2 Å². The van der Waals surface area contributed by atoms with E-state index >= 15 is 0 Å². The van der Waals surface area contributed by atoms with Crippen molar-refractivity contribution in [3.05, 3.63) is 36.2 Å². The molecule has 4 aliphatic rings. The van der Waals surface area contributed by atoms with Gasteiger partial charge in [-0.15, -0.1) is 0 Å². The molecule has 4 nitrogen and oxygen atoms in total. The number of nitrogens with one attached hydrogen (secondary N) is 1. The molecular formula is C24H32N2O2. The first kappa shape index (κ1) is 18.2. The molecular weight excluding hydrogens is 348 g/mol. The summed E-state index contributed by atoms with van der Waals surface area (Å²) >= 11 is 0. The Bertz CT molecular complexity index is 828. The monoisotopic (exact) mass is 380 g/mol. The van der Waals surface area contributed by atoms with Gasteiger partial charge in [0.05, 0.1) is 5.69 Å². The third-order valence-electron chi connectivity index (χ3n) is 9.31. The summed E-state index contributed by atoms with van der Waals surface area (Å²) in [6.45, 7) is 4.78. The van der Waals surface area contributed by atoms with Crippen LogP contribution in [0, 0.1) is 34.5 Å². The molecule has 0 spiro atoms. The fourth-order valence-corrected chi connectivity index (χ4v) is 7.84. The van der Waals surface area contributed by atoms with E-state index in [0.29, 0.717) is 29.6 Å². The van der Waals surface area contributed by atoms with E-state index < -0.39 is 0 Å². The minimum absolute atomic E-state index is 0.0778. The second-order valence-electron chi connectivity index (χ2n) is 10.2. The number of amides is 1. The van der Waals surface area contributed by atoms with E-state index in [1.54, 1.807) is 6.08 Å². The van der Waals surface area contributed by atoms with Gasteiger partial charge in [0.25, 0.3) is 0 Å². The van der Waals surface area contributed by atoms with E-state index in [9.17, 15) is 9.59 Å². The Hall–Kier alpha value is -1.84. The number of Topliss-reactive ketones (excluding diaryl/α,β-unsaturated/α-hetero) is 1. The maximum absolute atomic E-state index is 13.2. The van der Waals surface area contributed by atoms with Crippen LogP contribution in [-0.4, -0.2) is 34.7 Å². The quantitative estimate of drug-likeness (QED) is 0.771. The molecule has 3 aliphatic carbocycles. The molecule has 1 aromatic heterocycles. The van der Waals surface area contributed by atoms with Crippen LogP contribution in [0.4, 0.5) is 0 Å². The normalized spacial score (nSPS) is 44.8. The summed E-state index contributed by atoms with van der Waals surface area (Å²) in [5.41, 5.74) is 0.973. The predicted molar refractivity (Wildman–Crippen MR) is 109 cm³/mol. The van der Waals surface area contributed by atoms with Gasteiger partial charge in [-0.2, -0.15) is 0 Å². The molecule has 1 N–H and O–H groups in total. The first-order valence-corrected chi connectivity index (χ1v) is 11.0. The van der Waals surface area contributed by atoms with Gasteiger partial charge in [-0.1, -0.05) is 19.9 Å². The Kier molecular flexibility index (Phi) is 3.95. The Balaban J connectivity index is 1.45. The Morgan fingerprint density at radius 1 is 1.14 bits per heavy atom. The van der Waals surface area contributed by atoms with Crippen molar-refractivity contribution in [1.82, 2.24) is 9.88 Å². The Labute approximate surface area is 167 Å². The first-order chi connectivity index (χ1) is 13.4. The van der Waals surface area contributed by atoms with Crippen LogP contribution in [-0.2, 0) is 4.79 Å². The molecule has 4 heteroatoms. The van der Waals surface area contributed by atoms with Crippen molar-refractivity contribution in [2.75, 3.05) is 7.05 Å². The van der Waals surface area contributed by atoms with Gasteiger partial charge >= 0.3 is 0 Å². The van der Waals surface area contributed by atoms with Crippen LogP contribution in [0.1, 0.15) is 62.9 Å². The summed E-state index contributed by atoms with van der Waals surface area (Å²) in [6.07, 6.45) is 12.7. The minimum atomic E-state index is 0.0778. The third kappa shape index (κ3) is 2.29. The maximum atomic E-state index is 13.2. The SMILES string of the molecule is CN1C(=O)C=C[C@@]2(C)C1CC[C@@H]1[C@H]2CC[C@]2(C)C(C(=O)c3ccc[nH]3)CC[C@@H]12. The van der Waals surface area contributed by atoms with E-state index in [2.05, 4.69) is 24.9 Å². The Morgan fingerprint density at radius 3 is 2.71 bits per heavy atom. The molecule has 2 heterocycles. The summed E-state index contributed by atoms with van der Waals surface area (Å²) in [6, 6.07) is 4.18. The van der Waals surface area contributed by atoms with Gasteiger partial charge < -0.3 is 9.88 Å². The van der Waals surface area contributed by atoms with Gasteiger partial charge in [0.15, 0.2) is 5.78 Å². The molecule has 28 heavy (non-hydrogen) atoms. The van der Waals surface area contributed by atoms with Crippen LogP contribution in [0.3, 0.4) is 0 Å². The first-order valence-electron chi connectivity index (χ1n) is 11.0. The highest BCUT2D eigenvalue weighted by molar-refractivity contribution is 5.97. The van der Waals surface area contributed by atoms with Crippen molar-refractivity contribution in [1.29, 1.82) is 0 Å². The van der Waals surface area contributed by atoms with E-state index in [0.717, 1.165) is 25.0 Å². The van der Waals surface area contributed by atoms with Crippen LogP contribution >= 0.6 is 0 Å². The van der Waals surface area contributed by atoms with Gasteiger partial charge in [0.1, 0.15) is 0 Å². The molecule has 1 aromatic rings. The standard InChI is InChI=1S/C24H32N2O2/c1-23-12-10-17-15(6-9-20-24(17,2)13-11-21(27)26(20)3)16(23)7-8-18(23)22(28)19-5-4-14-25-19/h4-5,11,13-18,20,25H,6-10,12H2,1-3H3/t15-,16-,17+,18?,20?,23-,24+/m0/s1. The van der Waals surface area contributed by atoms with E-state index in [1.807, 2.05) is 30.3 Å². The number of nitrogens with zero attached hydrogens (tertiary/aromatic N) is 1. The van der Waals surface area contributed by atoms with Gasteiger partial charge in [-0.25, -0.2) is 0 Å². The number of likely N-dealkylation sites (N-methyl/N-ethyl adjacent to an activating group) is 1. The number of hydrogen-bond acceptors (Lipinski definition) is 2. The van der Waals surface area contributed by atoms with Crippen LogP contribution < -0.4 is 0 Å². The lowest BCUT2D eigenvalue weighted by Crippen LogP contribution is -2.59. The molecule has 7 atom stereocenters. The minimum Gasteiger partial charge on any atom is -0.359 e. The van der Waals surface area contributed by atoms with Crippen molar-refractivity contribution in [3.63, 3.8) is 0 Å². The van der Waals surface area contributed by atoms with E-state index in [-0.39, 0.29) is 22.7 Å². The lowest BCUT2D eigenvalue weighted by atomic mass is 9.47. The Morgan fingerprint density at radius 2 is 1.96 bits per heavy atom. The molecule has 1 amide bonds.